The molecule has 0 aromatic heterocycles. The maximum Gasteiger partial charge on any atom is 0.0591 e. The summed E-state index contributed by atoms with van der Waals surface area (Å²) in [7, 11) is 0. The number of nitrogens with two attached hydrogens (primary N) is 1. The Morgan fingerprint density at radius 2 is 2.23 bits per heavy atom. The Morgan fingerprint density at radius 1 is 1.54 bits per heavy atom. The third kappa shape index (κ3) is 1.89. The molecule has 0 spiro atoms. The number of rotatable bonds is 2. The SMILES string of the molecule is CC1CC1Nc1cc(Cl)ccc1N. The van der Waals surface area contributed by atoms with Crippen molar-refractivity contribution < 1.29 is 0 Å². The van der Waals surface area contributed by atoms with Crippen LogP contribution >= 0.6 is 11.6 Å². The highest BCUT2D eigenvalue weighted by Crippen LogP contribution is 2.35. The molecule has 0 bridgehead atoms. The van der Waals surface area contributed by atoms with E-state index in [1.165, 1.54) is 6.42 Å². The molecule has 3 heteroatoms. The fraction of sp³-hybridized carbons (Fsp3) is 0.400. The van der Waals surface area contributed by atoms with Gasteiger partial charge < -0.3 is 11.1 Å². The average molecular weight is 197 g/mol. The highest BCUT2D eigenvalue weighted by molar-refractivity contribution is 6.31. The summed E-state index contributed by atoms with van der Waals surface area (Å²) in [6.45, 7) is 2.22. The molecule has 1 aliphatic carbocycles. The van der Waals surface area contributed by atoms with E-state index >= 15 is 0 Å². The molecule has 0 aliphatic heterocycles. The van der Waals surface area contributed by atoms with E-state index in [1.54, 1.807) is 6.07 Å². The van der Waals surface area contributed by atoms with E-state index in [2.05, 4.69) is 12.2 Å². The topological polar surface area (TPSA) is 38.0 Å². The van der Waals surface area contributed by atoms with Crippen molar-refractivity contribution in [2.45, 2.75) is 19.4 Å². The number of benzene rings is 1. The van der Waals surface area contributed by atoms with E-state index < -0.39 is 0 Å². The standard InChI is InChI=1S/C10H13ClN2/c1-6-4-9(6)13-10-5-7(11)2-3-8(10)12/h2-3,5-6,9,13H,4,12H2,1H3. The normalized spacial score (nSPS) is 25.7. The van der Waals surface area contributed by atoms with Gasteiger partial charge in [-0.05, 0) is 30.5 Å². The first-order valence-corrected chi connectivity index (χ1v) is 4.86. The van der Waals surface area contributed by atoms with Gasteiger partial charge in [-0.1, -0.05) is 18.5 Å². The van der Waals surface area contributed by atoms with Gasteiger partial charge in [0.25, 0.3) is 0 Å². The molecule has 1 aromatic rings. The van der Waals surface area contributed by atoms with E-state index in [9.17, 15) is 0 Å². The van der Waals surface area contributed by atoms with Crippen LogP contribution in [0.4, 0.5) is 11.4 Å². The quantitative estimate of drug-likeness (QED) is 0.714. The Labute approximate surface area is 83.1 Å². The number of hydrogen-bond donors (Lipinski definition) is 2. The van der Waals surface area contributed by atoms with E-state index in [1.807, 2.05) is 12.1 Å². The summed E-state index contributed by atoms with van der Waals surface area (Å²) < 4.78 is 0. The van der Waals surface area contributed by atoms with Crippen molar-refractivity contribution in [3.63, 3.8) is 0 Å². The first-order chi connectivity index (χ1) is 6.16. The first kappa shape index (κ1) is 8.70. The van der Waals surface area contributed by atoms with Crippen LogP contribution in [-0.2, 0) is 0 Å². The Balaban J connectivity index is 2.14. The van der Waals surface area contributed by atoms with Crippen LogP contribution in [0.3, 0.4) is 0 Å². The second kappa shape index (κ2) is 3.11. The summed E-state index contributed by atoms with van der Waals surface area (Å²) >= 11 is 5.86. The summed E-state index contributed by atoms with van der Waals surface area (Å²) in [6.07, 6.45) is 1.23. The summed E-state index contributed by atoms with van der Waals surface area (Å²) in [5.41, 5.74) is 7.52. The second-order valence-electron chi connectivity index (χ2n) is 3.70. The fourth-order valence-electron chi connectivity index (χ4n) is 1.38. The lowest BCUT2D eigenvalue weighted by atomic mass is 10.2. The van der Waals surface area contributed by atoms with Crippen molar-refractivity contribution in [3.8, 4) is 0 Å². The number of halogens is 1. The van der Waals surface area contributed by atoms with Crippen molar-refractivity contribution >= 4 is 23.0 Å². The van der Waals surface area contributed by atoms with Crippen LogP contribution in [0.1, 0.15) is 13.3 Å². The molecule has 1 fully saturated rings. The van der Waals surface area contributed by atoms with Crippen LogP contribution in [-0.4, -0.2) is 6.04 Å². The Morgan fingerprint density at radius 3 is 2.85 bits per heavy atom. The third-order valence-corrected chi connectivity index (χ3v) is 2.70. The molecule has 1 aromatic carbocycles. The molecule has 2 atom stereocenters. The molecule has 1 saturated carbocycles. The van der Waals surface area contributed by atoms with Gasteiger partial charge in [0.05, 0.1) is 11.4 Å². The molecule has 2 rings (SSSR count). The fourth-order valence-corrected chi connectivity index (χ4v) is 1.55. The molecule has 0 amide bonds. The van der Waals surface area contributed by atoms with Crippen LogP contribution < -0.4 is 11.1 Å². The Bertz CT molecular complexity index is 325. The van der Waals surface area contributed by atoms with Crippen molar-refractivity contribution in [1.82, 2.24) is 0 Å². The average Bonchev–Trinajstić information content (AvgIpc) is 2.75. The molecule has 13 heavy (non-hydrogen) atoms. The maximum absolute atomic E-state index is 5.86. The zero-order chi connectivity index (χ0) is 9.42. The van der Waals surface area contributed by atoms with Gasteiger partial charge in [0.2, 0.25) is 0 Å². The smallest absolute Gasteiger partial charge is 0.0591 e. The van der Waals surface area contributed by atoms with E-state index in [4.69, 9.17) is 17.3 Å². The largest absolute Gasteiger partial charge is 0.397 e. The van der Waals surface area contributed by atoms with Gasteiger partial charge in [0, 0.05) is 11.1 Å². The maximum atomic E-state index is 5.86. The number of anilines is 2. The molecule has 1 aliphatic rings. The van der Waals surface area contributed by atoms with Crippen molar-refractivity contribution in [2.24, 2.45) is 5.92 Å². The predicted molar refractivity (Wildman–Crippen MR) is 57.1 cm³/mol. The van der Waals surface area contributed by atoms with Crippen LogP contribution in [0.5, 0.6) is 0 Å². The monoisotopic (exact) mass is 196 g/mol. The summed E-state index contributed by atoms with van der Waals surface area (Å²) in [6, 6.07) is 6.10. The molecular weight excluding hydrogens is 184 g/mol. The zero-order valence-corrected chi connectivity index (χ0v) is 8.31. The zero-order valence-electron chi connectivity index (χ0n) is 7.55. The summed E-state index contributed by atoms with van der Waals surface area (Å²) in [4.78, 5) is 0. The highest BCUT2D eigenvalue weighted by atomic mass is 35.5. The summed E-state index contributed by atoms with van der Waals surface area (Å²) in [5, 5.41) is 4.09. The predicted octanol–water partition coefficient (Wildman–Crippen LogP) is 2.74. The van der Waals surface area contributed by atoms with Gasteiger partial charge in [-0.15, -0.1) is 0 Å². The third-order valence-electron chi connectivity index (χ3n) is 2.47. The number of nitrogens with one attached hydrogen (secondary N) is 1. The van der Waals surface area contributed by atoms with Crippen LogP contribution in [0.15, 0.2) is 18.2 Å². The van der Waals surface area contributed by atoms with Gasteiger partial charge in [0.15, 0.2) is 0 Å². The minimum atomic E-state index is 0.584. The van der Waals surface area contributed by atoms with Gasteiger partial charge >= 0.3 is 0 Å². The molecular formula is C10H13ClN2. The van der Waals surface area contributed by atoms with Crippen molar-refractivity contribution in [2.75, 3.05) is 11.1 Å². The van der Waals surface area contributed by atoms with Crippen LogP contribution in [0, 0.1) is 5.92 Å². The van der Waals surface area contributed by atoms with Gasteiger partial charge in [-0.3, -0.25) is 0 Å². The van der Waals surface area contributed by atoms with E-state index in [0.29, 0.717) is 6.04 Å². The summed E-state index contributed by atoms with van der Waals surface area (Å²) in [5.74, 6) is 0.762. The molecule has 0 radical (unpaired) electrons. The Hall–Kier alpha value is -0.890. The highest BCUT2D eigenvalue weighted by Gasteiger charge is 2.32. The number of hydrogen-bond acceptors (Lipinski definition) is 2. The molecule has 70 valence electrons. The molecule has 0 heterocycles. The first-order valence-electron chi connectivity index (χ1n) is 4.48. The van der Waals surface area contributed by atoms with Gasteiger partial charge in [-0.2, -0.15) is 0 Å². The molecule has 2 nitrogen and oxygen atoms in total. The lowest BCUT2D eigenvalue weighted by molar-refractivity contribution is 0.930. The minimum absolute atomic E-state index is 0.584. The number of nitrogen functional groups attached to an aromatic ring is 1. The molecule has 3 N–H and O–H groups in total. The van der Waals surface area contributed by atoms with Crippen molar-refractivity contribution in [1.29, 1.82) is 0 Å². The van der Waals surface area contributed by atoms with E-state index in [-0.39, 0.29) is 0 Å². The molecule has 0 saturated heterocycles. The van der Waals surface area contributed by atoms with E-state index in [0.717, 1.165) is 22.3 Å². The van der Waals surface area contributed by atoms with Gasteiger partial charge in [0.1, 0.15) is 0 Å². The van der Waals surface area contributed by atoms with Crippen LogP contribution in [0.25, 0.3) is 0 Å². The van der Waals surface area contributed by atoms with Crippen LogP contribution in [0.2, 0.25) is 5.02 Å². The second-order valence-corrected chi connectivity index (χ2v) is 4.13. The minimum Gasteiger partial charge on any atom is -0.397 e. The lowest BCUT2D eigenvalue weighted by Crippen LogP contribution is -2.05. The Kier molecular flexibility index (Phi) is 2.08. The van der Waals surface area contributed by atoms with Crippen molar-refractivity contribution in [3.05, 3.63) is 23.2 Å². The molecule has 2 unspecified atom stereocenters. The van der Waals surface area contributed by atoms with Gasteiger partial charge in [-0.25, -0.2) is 0 Å². The lowest BCUT2D eigenvalue weighted by Gasteiger charge is -2.08.